The van der Waals surface area contributed by atoms with E-state index in [1.165, 1.54) is 17.7 Å². The molecular formula is C15H14N4O2. The second-order valence-corrected chi connectivity index (χ2v) is 4.51. The molecule has 2 rings (SSSR count). The number of nitrogens with zero attached hydrogens (tertiary/aromatic N) is 3. The highest BCUT2D eigenvalue weighted by Gasteiger charge is 2.15. The van der Waals surface area contributed by atoms with Gasteiger partial charge in [-0.05, 0) is 30.2 Å². The highest BCUT2D eigenvalue weighted by Crippen LogP contribution is 2.21. The lowest BCUT2D eigenvalue weighted by Crippen LogP contribution is -1.99. The molecule has 1 aromatic carbocycles. The van der Waals surface area contributed by atoms with Gasteiger partial charge in [-0.2, -0.15) is 5.26 Å². The topological polar surface area (TPSA) is 91.9 Å². The lowest BCUT2D eigenvalue weighted by molar-refractivity contribution is -0.385. The number of nitriles is 1. The summed E-state index contributed by atoms with van der Waals surface area (Å²) in [5, 5.41) is 22.7. The first-order chi connectivity index (χ1) is 10.1. The molecule has 1 heterocycles. The molecule has 0 aliphatic carbocycles. The molecule has 0 saturated heterocycles. The lowest BCUT2D eigenvalue weighted by Gasteiger charge is -2.07. The van der Waals surface area contributed by atoms with Crippen LogP contribution in [-0.2, 0) is 6.42 Å². The molecule has 0 atom stereocenters. The van der Waals surface area contributed by atoms with Crippen LogP contribution in [-0.4, -0.2) is 9.91 Å². The molecule has 0 saturated carbocycles. The standard InChI is InChI=1S/C15H14N4O2/c1-2-3-11-4-6-12(7-5-11)17-15-9-8-14(19(20)21)13(10-16)18-15/h4-9H,2-3H2,1H3,(H,17,18). The first kappa shape index (κ1) is 14.5. The van der Waals surface area contributed by atoms with E-state index in [0.29, 0.717) is 5.82 Å². The predicted molar refractivity (Wildman–Crippen MR) is 79.3 cm³/mol. The van der Waals surface area contributed by atoms with Crippen LogP contribution in [0.1, 0.15) is 24.6 Å². The fraction of sp³-hybridized carbons (Fsp3) is 0.200. The van der Waals surface area contributed by atoms with Crippen LogP contribution in [0.2, 0.25) is 0 Å². The molecule has 1 aromatic heterocycles. The second kappa shape index (κ2) is 6.48. The number of anilines is 2. The lowest BCUT2D eigenvalue weighted by atomic mass is 10.1. The van der Waals surface area contributed by atoms with E-state index in [2.05, 4.69) is 17.2 Å². The van der Waals surface area contributed by atoms with Crippen LogP contribution in [0.25, 0.3) is 0 Å². The SMILES string of the molecule is CCCc1ccc(Nc2ccc([N+](=O)[O-])c(C#N)n2)cc1. The molecule has 106 valence electrons. The number of rotatable bonds is 5. The highest BCUT2D eigenvalue weighted by atomic mass is 16.6. The molecule has 0 fully saturated rings. The van der Waals surface area contributed by atoms with Crippen molar-refractivity contribution in [2.75, 3.05) is 5.32 Å². The molecule has 21 heavy (non-hydrogen) atoms. The van der Waals surface area contributed by atoms with Crippen LogP contribution in [0.3, 0.4) is 0 Å². The average Bonchev–Trinajstić information content (AvgIpc) is 2.49. The van der Waals surface area contributed by atoms with E-state index in [0.717, 1.165) is 18.5 Å². The Balaban J connectivity index is 2.20. The molecule has 0 aliphatic rings. The first-order valence-corrected chi connectivity index (χ1v) is 6.55. The van der Waals surface area contributed by atoms with Crippen molar-refractivity contribution in [3.05, 3.63) is 57.8 Å². The van der Waals surface area contributed by atoms with E-state index in [-0.39, 0.29) is 11.4 Å². The van der Waals surface area contributed by atoms with Gasteiger partial charge in [-0.15, -0.1) is 0 Å². The molecule has 0 aliphatic heterocycles. The molecular weight excluding hydrogens is 268 g/mol. The third-order valence-electron chi connectivity index (χ3n) is 2.94. The van der Waals surface area contributed by atoms with E-state index >= 15 is 0 Å². The molecule has 0 bridgehead atoms. The summed E-state index contributed by atoms with van der Waals surface area (Å²) in [6.45, 7) is 2.12. The van der Waals surface area contributed by atoms with Crippen molar-refractivity contribution in [2.24, 2.45) is 0 Å². The van der Waals surface area contributed by atoms with E-state index < -0.39 is 4.92 Å². The van der Waals surface area contributed by atoms with Crippen molar-refractivity contribution in [1.82, 2.24) is 4.98 Å². The second-order valence-electron chi connectivity index (χ2n) is 4.51. The van der Waals surface area contributed by atoms with E-state index in [1.807, 2.05) is 24.3 Å². The molecule has 1 N–H and O–H groups in total. The predicted octanol–water partition coefficient (Wildman–Crippen LogP) is 3.56. The summed E-state index contributed by atoms with van der Waals surface area (Å²) in [5.41, 5.74) is 1.58. The molecule has 6 nitrogen and oxygen atoms in total. The molecule has 0 amide bonds. The Bertz CT molecular complexity index is 690. The first-order valence-electron chi connectivity index (χ1n) is 6.55. The molecule has 0 radical (unpaired) electrons. The Kier molecular flexibility index (Phi) is 4.46. The number of nitrogens with one attached hydrogen (secondary N) is 1. The summed E-state index contributed by atoms with van der Waals surface area (Å²) in [7, 11) is 0. The number of nitro groups is 1. The third kappa shape index (κ3) is 3.54. The van der Waals surface area contributed by atoms with Gasteiger partial charge in [0.1, 0.15) is 11.9 Å². The van der Waals surface area contributed by atoms with E-state index in [9.17, 15) is 10.1 Å². The average molecular weight is 282 g/mol. The van der Waals surface area contributed by atoms with Crippen molar-refractivity contribution >= 4 is 17.2 Å². The van der Waals surface area contributed by atoms with Crippen LogP contribution in [0.15, 0.2) is 36.4 Å². The number of aromatic nitrogens is 1. The molecule has 6 heteroatoms. The number of pyridine rings is 1. The number of hydrogen-bond acceptors (Lipinski definition) is 5. The number of benzene rings is 1. The van der Waals surface area contributed by atoms with E-state index in [4.69, 9.17) is 5.26 Å². The van der Waals surface area contributed by atoms with Crippen LogP contribution < -0.4 is 5.32 Å². The van der Waals surface area contributed by atoms with Gasteiger partial charge in [0.15, 0.2) is 0 Å². The Labute approximate surface area is 122 Å². The number of hydrogen-bond donors (Lipinski definition) is 1. The summed E-state index contributed by atoms with van der Waals surface area (Å²) in [4.78, 5) is 14.1. The van der Waals surface area contributed by atoms with E-state index in [1.54, 1.807) is 6.07 Å². The maximum atomic E-state index is 10.7. The maximum absolute atomic E-state index is 10.7. The van der Waals surface area contributed by atoms with Gasteiger partial charge in [0.25, 0.3) is 0 Å². The normalized spacial score (nSPS) is 9.90. The van der Waals surface area contributed by atoms with Crippen LogP contribution in [0.4, 0.5) is 17.2 Å². The fourth-order valence-corrected chi connectivity index (χ4v) is 1.94. The van der Waals surface area contributed by atoms with Gasteiger partial charge in [-0.1, -0.05) is 25.5 Å². The zero-order valence-corrected chi connectivity index (χ0v) is 11.5. The van der Waals surface area contributed by atoms with Crippen LogP contribution in [0, 0.1) is 21.4 Å². The Morgan fingerprint density at radius 3 is 2.57 bits per heavy atom. The van der Waals surface area contributed by atoms with Crippen LogP contribution >= 0.6 is 0 Å². The molecule has 0 spiro atoms. The fourth-order valence-electron chi connectivity index (χ4n) is 1.94. The molecule has 0 unspecified atom stereocenters. The van der Waals surface area contributed by atoms with Gasteiger partial charge < -0.3 is 5.32 Å². The van der Waals surface area contributed by atoms with Crippen molar-refractivity contribution < 1.29 is 4.92 Å². The Morgan fingerprint density at radius 1 is 1.29 bits per heavy atom. The molecule has 2 aromatic rings. The van der Waals surface area contributed by atoms with Crippen molar-refractivity contribution in [2.45, 2.75) is 19.8 Å². The van der Waals surface area contributed by atoms with Gasteiger partial charge in [-0.3, -0.25) is 10.1 Å². The van der Waals surface area contributed by atoms with Gasteiger partial charge >= 0.3 is 5.69 Å². The Hall–Kier alpha value is -2.94. The van der Waals surface area contributed by atoms with Crippen molar-refractivity contribution in [3.63, 3.8) is 0 Å². The van der Waals surface area contributed by atoms with Gasteiger partial charge in [-0.25, -0.2) is 4.98 Å². The summed E-state index contributed by atoms with van der Waals surface area (Å²) in [5.74, 6) is 0.403. The maximum Gasteiger partial charge on any atom is 0.305 e. The van der Waals surface area contributed by atoms with Crippen LogP contribution in [0.5, 0.6) is 0 Å². The van der Waals surface area contributed by atoms with Crippen molar-refractivity contribution in [3.8, 4) is 6.07 Å². The van der Waals surface area contributed by atoms with Crippen molar-refractivity contribution in [1.29, 1.82) is 5.26 Å². The summed E-state index contributed by atoms with van der Waals surface area (Å²) >= 11 is 0. The minimum absolute atomic E-state index is 0.201. The Morgan fingerprint density at radius 2 is 2.00 bits per heavy atom. The highest BCUT2D eigenvalue weighted by molar-refractivity contribution is 5.59. The third-order valence-corrected chi connectivity index (χ3v) is 2.94. The minimum atomic E-state index is -0.616. The largest absolute Gasteiger partial charge is 0.340 e. The van der Waals surface area contributed by atoms with Gasteiger partial charge in [0.05, 0.1) is 4.92 Å². The minimum Gasteiger partial charge on any atom is -0.340 e. The smallest absolute Gasteiger partial charge is 0.305 e. The summed E-state index contributed by atoms with van der Waals surface area (Å²) in [6.07, 6.45) is 2.11. The van der Waals surface area contributed by atoms with Gasteiger partial charge in [0, 0.05) is 11.8 Å². The van der Waals surface area contributed by atoms with Gasteiger partial charge in [0.2, 0.25) is 5.69 Å². The zero-order chi connectivity index (χ0) is 15.2. The number of aryl methyl sites for hydroxylation is 1. The summed E-state index contributed by atoms with van der Waals surface area (Å²) in [6, 6.07) is 12.4. The monoisotopic (exact) mass is 282 g/mol. The zero-order valence-electron chi connectivity index (χ0n) is 11.5. The summed E-state index contributed by atoms with van der Waals surface area (Å²) < 4.78 is 0. The quantitative estimate of drug-likeness (QED) is 0.668.